The summed E-state index contributed by atoms with van der Waals surface area (Å²) in [6.07, 6.45) is 2.24. The normalized spacial score (nSPS) is 14.4. The molecule has 0 radical (unpaired) electrons. The van der Waals surface area contributed by atoms with Gasteiger partial charge in [-0.05, 0) is 37.5 Å². The Labute approximate surface area is 161 Å². The highest BCUT2D eigenvalue weighted by molar-refractivity contribution is 6.30. The van der Waals surface area contributed by atoms with Gasteiger partial charge in [-0.25, -0.2) is 4.79 Å². The fraction of sp³-hybridized carbons (Fsp3) is 0.421. The first kappa shape index (κ1) is 17.9. The molecule has 1 aliphatic heterocycles. The fourth-order valence-electron chi connectivity index (χ4n) is 3.73. The lowest BCUT2D eigenvalue weighted by molar-refractivity contribution is 0.651. The summed E-state index contributed by atoms with van der Waals surface area (Å²) in [7, 11) is 1.67. The van der Waals surface area contributed by atoms with Crippen molar-refractivity contribution in [3.63, 3.8) is 0 Å². The van der Waals surface area contributed by atoms with Gasteiger partial charge in [0, 0.05) is 31.7 Å². The molecule has 27 heavy (non-hydrogen) atoms. The number of nitrogens with zero attached hydrogens (tertiary/aromatic N) is 5. The van der Waals surface area contributed by atoms with Crippen molar-refractivity contribution in [2.45, 2.75) is 32.9 Å². The van der Waals surface area contributed by atoms with Gasteiger partial charge in [0.05, 0.1) is 6.54 Å². The van der Waals surface area contributed by atoms with Crippen LogP contribution in [0.5, 0.6) is 0 Å². The molecular weight excluding hydrogens is 366 g/mol. The van der Waals surface area contributed by atoms with E-state index in [1.807, 2.05) is 23.6 Å². The van der Waals surface area contributed by atoms with Crippen LogP contribution < -0.4 is 16.1 Å². The van der Waals surface area contributed by atoms with Crippen LogP contribution >= 0.6 is 11.6 Å². The lowest BCUT2D eigenvalue weighted by Gasteiger charge is -2.17. The molecule has 2 aromatic heterocycles. The second-order valence-electron chi connectivity index (χ2n) is 6.88. The third-order valence-electron chi connectivity index (χ3n) is 5.17. The molecule has 0 bridgehead atoms. The van der Waals surface area contributed by atoms with Crippen LogP contribution in [0.4, 0.5) is 5.95 Å². The molecule has 8 heteroatoms. The Balaban J connectivity index is 1.92. The number of fused-ring (bicyclic) bond motifs is 1. The van der Waals surface area contributed by atoms with Crippen LogP contribution in [0.1, 0.15) is 25.3 Å². The number of hydrogen-bond acceptors (Lipinski definition) is 4. The number of benzene rings is 1. The maximum Gasteiger partial charge on any atom is 0.332 e. The number of imidazole rings is 1. The maximum absolute atomic E-state index is 13.2. The minimum atomic E-state index is -0.365. The second kappa shape index (κ2) is 6.88. The highest BCUT2D eigenvalue weighted by Gasteiger charge is 2.24. The van der Waals surface area contributed by atoms with Crippen LogP contribution in [0.3, 0.4) is 0 Å². The van der Waals surface area contributed by atoms with E-state index in [1.165, 1.54) is 9.13 Å². The van der Waals surface area contributed by atoms with Gasteiger partial charge in [-0.2, -0.15) is 4.98 Å². The Morgan fingerprint density at radius 2 is 1.74 bits per heavy atom. The molecule has 0 atom stereocenters. The van der Waals surface area contributed by atoms with Crippen LogP contribution in [0.15, 0.2) is 33.9 Å². The van der Waals surface area contributed by atoms with Gasteiger partial charge in [0.1, 0.15) is 0 Å². The average molecular weight is 388 g/mol. The minimum absolute atomic E-state index is 0.201. The van der Waals surface area contributed by atoms with Crippen molar-refractivity contribution in [2.75, 3.05) is 18.0 Å². The third kappa shape index (κ3) is 2.96. The quantitative estimate of drug-likeness (QED) is 0.688. The molecule has 4 rings (SSSR count). The van der Waals surface area contributed by atoms with E-state index in [2.05, 4.69) is 9.88 Å². The van der Waals surface area contributed by atoms with E-state index in [-0.39, 0.29) is 17.8 Å². The third-order valence-corrected chi connectivity index (χ3v) is 5.42. The molecule has 3 heterocycles. The van der Waals surface area contributed by atoms with Crippen molar-refractivity contribution >= 4 is 28.7 Å². The van der Waals surface area contributed by atoms with Gasteiger partial charge in [-0.15, -0.1) is 0 Å². The lowest BCUT2D eigenvalue weighted by atomic mass is 10.2. The zero-order valence-corrected chi connectivity index (χ0v) is 16.2. The van der Waals surface area contributed by atoms with Crippen molar-refractivity contribution < 1.29 is 0 Å². The van der Waals surface area contributed by atoms with Gasteiger partial charge >= 0.3 is 5.69 Å². The molecule has 142 valence electrons. The van der Waals surface area contributed by atoms with Crippen LogP contribution in [-0.4, -0.2) is 31.8 Å². The van der Waals surface area contributed by atoms with E-state index >= 15 is 0 Å². The summed E-state index contributed by atoms with van der Waals surface area (Å²) in [6, 6.07) is 7.16. The van der Waals surface area contributed by atoms with E-state index in [1.54, 1.807) is 19.2 Å². The van der Waals surface area contributed by atoms with Crippen molar-refractivity contribution in [1.29, 1.82) is 0 Å². The fourth-order valence-corrected chi connectivity index (χ4v) is 3.86. The molecule has 7 nitrogen and oxygen atoms in total. The van der Waals surface area contributed by atoms with E-state index in [4.69, 9.17) is 11.6 Å². The van der Waals surface area contributed by atoms with Gasteiger partial charge in [-0.3, -0.25) is 13.9 Å². The molecule has 1 fully saturated rings. The summed E-state index contributed by atoms with van der Waals surface area (Å²) in [5, 5.41) is 0.619. The number of rotatable bonds is 4. The highest BCUT2D eigenvalue weighted by Crippen LogP contribution is 2.23. The van der Waals surface area contributed by atoms with E-state index in [0.29, 0.717) is 22.7 Å². The van der Waals surface area contributed by atoms with Gasteiger partial charge in [0.2, 0.25) is 5.95 Å². The first-order valence-corrected chi connectivity index (χ1v) is 9.58. The second-order valence-corrected chi connectivity index (χ2v) is 7.32. The summed E-state index contributed by atoms with van der Waals surface area (Å²) in [4.78, 5) is 32.9. The van der Waals surface area contributed by atoms with E-state index in [0.717, 1.165) is 37.4 Å². The molecule has 1 saturated heterocycles. The van der Waals surface area contributed by atoms with Crippen molar-refractivity contribution in [3.05, 3.63) is 55.7 Å². The standard InChI is InChI=1S/C19H22ClN5O2/c1-3-24-15-16(21-18(24)23-10-4-5-11-23)22(2)19(27)25(17(15)26)12-13-6-8-14(20)9-7-13/h6-9H,3-5,10-12H2,1-2H3. The maximum atomic E-state index is 13.2. The summed E-state index contributed by atoms with van der Waals surface area (Å²) in [6.45, 7) is 4.67. The smallest absolute Gasteiger partial charge is 0.332 e. The van der Waals surface area contributed by atoms with Crippen LogP contribution in [0, 0.1) is 0 Å². The topological polar surface area (TPSA) is 65.1 Å². The summed E-state index contributed by atoms with van der Waals surface area (Å²) >= 11 is 5.93. The van der Waals surface area contributed by atoms with Gasteiger partial charge in [0.15, 0.2) is 11.2 Å². The van der Waals surface area contributed by atoms with Crippen molar-refractivity contribution in [2.24, 2.45) is 7.05 Å². The predicted octanol–water partition coefficient (Wildman–Crippen LogP) is 2.22. The number of aromatic nitrogens is 4. The van der Waals surface area contributed by atoms with E-state index in [9.17, 15) is 9.59 Å². The Morgan fingerprint density at radius 1 is 1.07 bits per heavy atom. The van der Waals surface area contributed by atoms with Crippen molar-refractivity contribution in [3.8, 4) is 0 Å². The SMILES string of the molecule is CCn1c(N2CCCC2)nc2c1c(=O)n(Cc1ccc(Cl)cc1)c(=O)n2C. The first-order chi connectivity index (χ1) is 13.0. The highest BCUT2D eigenvalue weighted by atomic mass is 35.5. The number of halogens is 1. The molecular formula is C19H22ClN5O2. The molecule has 0 aliphatic carbocycles. The number of aryl methyl sites for hydroxylation is 2. The number of anilines is 1. The molecule has 0 unspecified atom stereocenters. The molecule has 3 aromatic rings. The molecule has 1 aromatic carbocycles. The van der Waals surface area contributed by atoms with Crippen LogP contribution in [0.25, 0.3) is 11.2 Å². The minimum Gasteiger partial charge on any atom is -0.342 e. The van der Waals surface area contributed by atoms with Gasteiger partial charge < -0.3 is 9.47 Å². The Hall–Kier alpha value is -2.54. The van der Waals surface area contributed by atoms with Crippen LogP contribution in [0.2, 0.25) is 5.02 Å². The van der Waals surface area contributed by atoms with Crippen LogP contribution in [-0.2, 0) is 20.1 Å². The molecule has 0 amide bonds. The first-order valence-electron chi connectivity index (χ1n) is 9.20. The zero-order valence-electron chi connectivity index (χ0n) is 15.5. The van der Waals surface area contributed by atoms with Gasteiger partial charge in [0.25, 0.3) is 5.56 Å². The molecule has 0 saturated carbocycles. The average Bonchev–Trinajstić information content (AvgIpc) is 3.32. The summed E-state index contributed by atoms with van der Waals surface area (Å²) in [5.41, 5.74) is 1.11. The van der Waals surface area contributed by atoms with Crippen molar-refractivity contribution in [1.82, 2.24) is 18.7 Å². The Morgan fingerprint density at radius 3 is 2.37 bits per heavy atom. The van der Waals surface area contributed by atoms with E-state index < -0.39 is 0 Å². The van der Waals surface area contributed by atoms with Gasteiger partial charge in [-0.1, -0.05) is 23.7 Å². The summed E-state index contributed by atoms with van der Waals surface area (Å²) < 4.78 is 4.67. The number of hydrogen-bond donors (Lipinski definition) is 0. The lowest BCUT2D eigenvalue weighted by Crippen LogP contribution is -2.40. The molecule has 0 spiro atoms. The largest absolute Gasteiger partial charge is 0.342 e. The monoisotopic (exact) mass is 387 g/mol. The zero-order chi connectivity index (χ0) is 19.1. The molecule has 0 N–H and O–H groups in total. The Bertz CT molecular complexity index is 1100. The molecule has 1 aliphatic rings. The predicted molar refractivity (Wildman–Crippen MR) is 107 cm³/mol. The summed E-state index contributed by atoms with van der Waals surface area (Å²) in [5.74, 6) is 0.779. The Kier molecular flexibility index (Phi) is 4.55.